The fraction of sp³-hybridized carbons (Fsp3) is 0.174. The van der Waals surface area contributed by atoms with Gasteiger partial charge in [-0.05, 0) is 24.3 Å². The topological polar surface area (TPSA) is 78.4 Å². The maximum atomic E-state index is 5.67. The molecule has 0 aliphatic carbocycles. The minimum absolute atomic E-state index is 0.482. The van der Waals surface area contributed by atoms with Crippen molar-refractivity contribution >= 4 is 22.3 Å². The second-order valence-electron chi connectivity index (χ2n) is 6.51. The Kier molecular flexibility index (Phi) is 6.01. The maximum Gasteiger partial charge on any atom is 0.145 e. The molecule has 2 aromatic heterocycles. The lowest BCUT2D eigenvalue weighted by Gasteiger charge is -2.15. The van der Waals surface area contributed by atoms with E-state index in [1.54, 1.807) is 39.0 Å². The molecule has 7 heteroatoms. The van der Waals surface area contributed by atoms with Crippen molar-refractivity contribution in [3.63, 3.8) is 0 Å². The third kappa shape index (κ3) is 4.31. The average molecular weight is 402 g/mol. The number of pyridine rings is 1. The average Bonchev–Trinajstić information content (AvgIpc) is 2.80. The fourth-order valence-electron chi connectivity index (χ4n) is 3.12. The number of anilines is 2. The molecule has 2 aromatic carbocycles. The van der Waals surface area contributed by atoms with Crippen LogP contribution in [-0.4, -0.2) is 42.4 Å². The first kappa shape index (κ1) is 19.6. The van der Waals surface area contributed by atoms with Gasteiger partial charge in [0.1, 0.15) is 18.1 Å². The van der Waals surface area contributed by atoms with Crippen LogP contribution in [0.25, 0.3) is 22.2 Å². The van der Waals surface area contributed by atoms with E-state index >= 15 is 0 Å². The summed E-state index contributed by atoms with van der Waals surface area (Å²) >= 11 is 0. The Morgan fingerprint density at radius 1 is 0.867 bits per heavy atom. The Morgan fingerprint density at radius 3 is 2.60 bits per heavy atom. The van der Waals surface area contributed by atoms with Crippen molar-refractivity contribution in [2.45, 2.75) is 0 Å². The summed E-state index contributed by atoms with van der Waals surface area (Å²) in [5.74, 6) is 1.41. The molecule has 0 bridgehead atoms. The molecule has 0 saturated heterocycles. The van der Waals surface area contributed by atoms with Gasteiger partial charge in [0.15, 0.2) is 0 Å². The van der Waals surface area contributed by atoms with Crippen LogP contribution < -0.4 is 14.8 Å². The second kappa shape index (κ2) is 9.19. The van der Waals surface area contributed by atoms with Gasteiger partial charge in [-0.15, -0.1) is 0 Å². The number of benzene rings is 2. The van der Waals surface area contributed by atoms with Gasteiger partial charge in [0.25, 0.3) is 0 Å². The summed E-state index contributed by atoms with van der Waals surface area (Å²) < 4.78 is 16.2. The van der Waals surface area contributed by atoms with Crippen LogP contribution in [0.2, 0.25) is 0 Å². The number of hydrogen-bond donors (Lipinski definition) is 1. The van der Waals surface area contributed by atoms with Gasteiger partial charge in [0, 0.05) is 48.4 Å². The number of nitrogens with one attached hydrogen (secondary N) is 1. The van der Waals surface area contributed by atoms with E-state index < -0.39 is 0 Å². The Morgan fingerprint density at radius 2 is 1.80 bits per heavy atom. The van der Waals surface area contributed by atoms with Gasteiger partial charge in [0.2, 0.25) is 0 Å². The zero-order chi connectivity index (χ0) is 20.8. The molecule has 0 amide bonds. The summed E-state index contributed by atoms with van der Waals surface area (Å²) in [5, 5.41) is 4.44. The van der Waals surface area contributed by atoms with Crippen molar-refractivity contribution < 1.29 is 14.2 Å². The quantitative estimate of drug-likeness (QED) is 0.436. The van der Waals surface area contributed by atoms with E-state index in [4.69, 9.17) is 14.2 Å². The summed E-state index contributed by atoms with van der Waals surface area (Å²) in [4.78, 5) is 13.0. The number of ether oxygens (including phenoxy) is 3. The van der Waals surface area contributed by atoms with Crippen LogP contribution in [-0.2, 0) is 4.74 Å². The molecule has 0 aliphatic heterocycles. The van der Waals surface area contributed by atoms with Crippen LogP contribution >= 0.6 is 0 Å². The lowest BCUT2D eigenvalue weighted by Crippen LogP contribution is -2.04. The predicted molar refractivity (Wildman–Crippen MR) is 116 cm³/mol. The molecule has 0 spiro atoms. The van der Waals surface area contributed by atoms with Crippen molar-refractivity contribution in [3.05, 3.63) is 67.3 Å². The lowest BCUT2D eigenvalue weighted by molar-refractivity contribution is 0.146. The van der Waals surface area contributed by atoms with Crippen molar-refractivity contribution in [2.24, 2.45) is 0 Å². The van der Waals surface area contributed by atoms with Gasteiger partial charge in [-0.25, -0.2) is 0 Å². The van der Waals surface area contributed by atoms with Gasteiger partial charge >= 0.3 is 0 Å². The second-order valence-corrected chi connectivity index (χ2v) is 6.51. The smallest absolute Gasteiger partial charge is 0.145 e. The van der Waals surface area contributed by atoms with Crippen molar-refractivity contribution in [1.82, 2.24) is 15.0 Å². The Labute approximate surface area is 174 Å². The summed E-state index contributed by atoms with van der Waals surface area (Å²) in [6, 6.07) is 13.7. The highest BCUT2D eigenvalue weighted by atomic mass is 16.5. The van der Waals surface area contributed by atoms with E-state index in [-0.39, 0.29) is 0 Å². The molecule has 0 aliphatic rings. The van der Waals surface area contributed by atoms with Crippen molar-refractivity contribution in [2.75, 3.05) is 32.8 Å². The largest absolute Gasteiger partial charge is 0.494 e. The lowest BCUT2D eigenvalue weighted by atomic mass is 10.1. The standard InChI is InChI=1S/C23H22N4O3/c1-28-11-12-30-17-4-6-20(23(14-17)29-2)27-19-7-8-25-21-13-16(3-5-18(19)21)22-15-24-9-10-26-22/h3-10,13-15H,11-12H2,1-2H3,(H,25,27). The highest BCUT2D eigenvalue weighted by molar-refractivity contribution is 5.95. The van der Waals surface area contributed by atoms with Crippen LogP contribution in [0.15, 0.2) is 67.3 Å². The molecule has 4 aromatic rings. The normalized spacial score (nSPS) is 10.7. The zero-order valence-electron chi connectivity index (χ0n) is 16.8. The highest BCUT2D eigenvalue weighted by Gasteiger charge is 2.10. The van der Waals surface area contributed by atoms with E-state index in [1.807, 2.05) is 42.5 Å². The summed E-state index contributed by atoms with van der Waals surface area (Å²) in [5.41, 5.74) is 4.40. The van der Waals surface area contributed by atoms with Gasteiger partial charge in [-0.1, -0.05) is 12.1 Å². The SMILES string of the molecule is COCCOc1ccc(Nc2ccnc3cc(-c4cnccn4)ccc23)c(OC)c1. The number of aromatic nitrogens is 3. The molecule has 0 fully saturated rings. The molecule has 0 radical (unpaired) electrons. The molecule has 152 valence electrons. The minimum atomic E-state index is 0.482. The van der Waals surface area contributed by atoms with E-state index in [0.717, 1.165) is 39.3 Å². The molecule has 4 rings (SSSR count). The Balaban J connectivity index is 1.62. The summed E-state index contributed by atoms with van der Waals surface area (Å²) in [6.07, 6.45) is 6.86. The number of fused-ring (bicyclic) bond motifs is 1. The molecular weight excluding hydrogens is 380 g/mol. The highest BCUT2D eigenvalue weighted by Crippen LogP contribution is 2.34. The number of hydrogen-bond acceptors (Lipinski definition) is 7. The number of nitrogens with zero attached hydrogens (tertiary/aromatic N) is 3. The fourth-order valence-corrected chi connectivity index (χ4v) is 3.12. The number of rotatable bonds is 8. The van der Waals surface area contributed by atoms with Crippen LogP contribution in [0.5, 0.6) is 11.5 Å². The summed E-state index contributed by atoms with van der Waals surface area (Å²) in [7, 11) is 3.28. The molecule has 0 saturated carbocycles. The van der Waals surface area contributed by atoms with Gasteiger partial charge in [-0.2, -0.15) is 0 Å². The van der Waals surface area contributed by atoms with Gasteiger partial charge in [0.05, 0.1) is 36.8 Å². The van der Waals surface area contributed by atoms with Gasteiger partial charge in [-0.3, -0.25) is 15.0 Å². The van der Waals surface area contributed by atoms with Crippen molar-refractivity contribution in [3.8, 4) is 22.8 Å². The van der Waals surface area contributed by atoms with Gasteiger partial charge < -0.3 is 19.5 Å². The molecular formula is C23H22N4O3. The monoisotopic (exact) mass is 402 g/mol. The third-order valence-electron chi connectivity index (χ3n) is 4.60. The van der Waals surface area contributed by atoms with Crippen LogP contribution in [0.4, 0.5) is 11.4 Å². The van der Waals surface area contributed by atoms with E-state index in [0.29, 0.717) is 19.0 Å². The molecule has 2 heterocycles. The predicted octanol–water partition coefficient (Wildman–Crippen LogP) is 4.47. The third-order valence-corrected chi connectivity index (χ3v) is 4.60. The van der Waals surface area contributed by atoms with Crippen LogP contribution in [0, 0.1) is 0 Å². The number of methoxy groups -OCH3 is 2. The molecule has 7 nitrogen and oxygen atoms in total. The summed E-state index contributed by atoms with van der Waals surface area (Å²) in [6.45, 7) is 1.01. The molecule has 0 unspecified atom stereocenters. The molecule has 1 N–H and O–H groups in total. The maximum absolute atomic E-state index is 5.67. The minimum Gasteiger partial charge on any atom is -0.494 e. The van der Waals surface area contributed by atoms with E-state index in [1.165, 1.54) is 0 Å². The first-order valence-electron chi connectivity index (χ1n) is 9.50. The first-order chi connectivity index (χ1) is 14.8. The zero-order valence-corrected chi connectivity index (χ0v) is 16.8. The Bertz CT molecular complexity index is 1140. The van der Waals surface area contributed by atoms with Crippen LogP contribution in [0.3, 0.4) is 0 Å². The van der Waals surface area contributed by atoms with Crippen molar-refractivity contribution in [1.29, 1.82) is 0 Å². The first-order valence-corrected chi connectivity index (χ1v) is 9.50. The van der Waals surface area contributed by atoms with Crippen LogP contribution in [0.1, 0.15) is 0 Å². The van der Waals surface area contributed by atoms with E-state index in [9.17, 15) is 0 Å². The molecule has 0 atom stereocenters. The van der Waals surface area contributed by atoms with E-state index in [2.05, 4.69) is 20.3 Å². The molecule has 30 heavy (non-hydrogen) atoms. The Hall–Kier alpha value is -3.71.